The zero-order valence-electron chi connectivity index (χ0n) is 19.3. The molecule has 2 aliphatic rings. The van der Waals surface area contributed by atoms with Gasteiger partial charge in [0.25, 0.3) is 11.8 Å². The molecule has 0 aliphatic carbocycles. The van der Waals surface area contributed by atoms with Crippen LogP contribution >= 0.6 is 0 Å². The summed E-state index contributed by atoms with van der Waals surface area (Å²) in [6.07, 6.45) is 0. The predicted octanol–water partition coefficient (Wildman–Crippen LogP) is 4.55. The molecular weight excluding hydrogens is 429 g/mol. The van der Waals surface area contributed by atoms with Crippen LogP contribution in [-0.2, 0) is 9.59 Å². The Kier molecular flexibility index (Phi) is 5.65. The van der Waals surface area contributed by atoms with Crippen LogP contribution in [0.1, 0.15) is 16.7 Å². The molecule has 2 aliphatic heterocycles. The summed E-state index contributed by atoms with van der Waals surface area (Å²) in [5.41, 5.74) is 5.15. The number of amides is 2. The highest BCUT2D eigenvalue weighted by molar-refractivity contribution is 6.45. The molecule has 0 atom stereocenters. The van der Waals surface area contributed by atoms with E-state index in [-0.39, 0.29) is 11.8 Å². The van der Waals surface area contributed by atoms with E-state index in [1.54, 1.807) is 0 Å². The molecule has 0 bridgehead atoms. The summed E-state index contributed by atoms with van der Waals surface area (Å²) in [4.78, 5) is 32.9. The number of rotatable bonds is 4. The normalized spacial score (nSPS) is 16.6. The van der Waals surface area contributed by atoms with Gasteiger partial charge in [0.1, 0.15) is 11.5 Å². The van der Waals surface area contributed by atoms with Gasteiger partial charge in [-0.15, -0.1) is 0 Å². The fraction of sp³-hybridized carbons (Fsp3) is 0.214. The number of benzene rings is 3. The number of anilines is 2. The topological polar surface area (TPSA) is 43.9 Å². The quantitative estimate of drug-likeness (QED) is 0.542. The number of para-hydroxylation sites is 1. The van der Waals surface area contributed by atoms with E-state index in [1.807, 2.05) is 55.1 Å². The van der Waals surface area contributed by atoms with Crippen LogP contribution in [0.5, 0.6) is 0 Å². The molecule has 34 heavy (non-hydrogen) atoms. The van der Waals surface area contributed by atoms with Crippen molar-refractivity contribution < 1.29 is 14.0 Å². The number of aryl methyl sites for hydroxylation is 2. The highest BCUT2D eigenvalue weighted by Gasteiger charge is 2.43. The Hall–Kier alpha value is -3.93. The highest BCUT2D eigenvalue weighted by atomic mass is 19.1. The third-order valence-corrected chi connectivity index (χ3v) is 6.51. The van der Waals surface area contributed by atoms with Crippen LogP contribution < -0.4 is 9.80 Å². The maximum Gasteiger partial charge on any atom is 0.282 e. The van der Waals surface area contributed by atoms with Crippen LogP contribution in [-0.4, -0.2) is 42.9 Å². The van der Waals surface area contributed by atoms with Crippen LogP contribution in [0, 0.1) is 19.7 Å². The number of carbonyl (C=O) groups is 2. The standard InChI is InChI=1S/C28H26FN3O2/c1-19-8-13-24(20(2)18-19)25-26(28(34)32(27(25)33)23-11-9-21(29)10-12-23)31-16-14-30(15-17-31)22-6-4-3-5-7-22/h3-13,18H,14-17H2,1-2H3. The first-order valence-corrected chi connectivity index (χ1v) is 11.5. The second kappa shape index (κ2) is 8.78. The van der Waals surface area contributed by atoms with Crippen LogP contribution in [0.3, 0.4) is 0 Å². The van der Waals surface area contributed by atoms with E-state index >= 15 is 0 Å². The molecule has 2 amide bonds. The third-order valence-electron chi connectivity index (χ3n) is 6.51. The average molecular weight is 456 g/mol. The summed E-state index contributed by atoms with van der Waals surface area (Å²) in [6.45, 7) is 6.68. The van der Waals surface area contributed by atoms with E-state index in [1.165, 1.54) is 29.2 Å². The number of halogens is 1. The Morgan fingerprint density at radius 1 is 0.706 bits per heavy atom. The molecule has 0 spiro atoms. The van der Waals surface area contributed by atoms with Crippen molar-refractivity contribution in [1.82, 2.24) is 4.90 Å². The molecule has 2 heterocycles. The molecular formula is C28H26FN3O2. The van der Waals surface area contributed by atoms with Crippen molar-refractivity contribution in [2.24, 2.45) is 0 Å². The van der Waals surface area contributed by atoms with Crippen molar-refractivity contribution in [1.29, 1.82) is 0 Å². The van der Waals surface area contributed by atoms with Gasteiger partial charge in [0.2, 0.25) is 0 Å². The number of imide groups is 1. The number of nitrogens with zero attached hydrogens (tertiary/aromatic N) is 3. The molecule has 0 saturated carbocycles. The molecule has 3 aromatic carbocycles. The maximum absolute atomic E-state index is 13.7. The van der Waals surface area contributed by atoms with Crippen molar-refractivity contribution in [3.63, 3.8) is 0 Å². The van der Waals surface area contributed by atoms with E-state index < -0.39 is 5.82 Å². The summed E-state index contributed by atoms with van der Waals surface area (Å²) in [5, 5.41) is 0. The smallest absolute Gasteiger partial charge is 0.282 e. The Balaban J connectivity index is 1.53. The molecule has 6 heteroatoms. The maximum atomic E-state index is 13.7. The Bertz CT molecular complexity index is 1280. The SMILES string of the molecule is Cc1ccc(C2=C(N3CCN(c4ccccc4)CC3)C(=O)N(c3ccc(F)cc3)C2=O)c(C)c1. The number of hydrogen-bond acceptors (Lipinski definition) is 4. The summed E-state index contributed by atoms with van der Waals surface area (Å²) in [6, 6.07) is 21.6. The first-order chi connectivity index (χ1) is 16.4. The molecule has 0 aromatic heterocycles. The molecule has 1 saturated heterocycles. The van der Waals surface area contributed by atoms with Gasteiger partial charge in [0.05, 0.1) is 11.3 Å². The zero-order chi connectivity index (χ0) is 23.8. The minimum absolute atomic E-state index is 0.361. The van der Waals surface area contributed by atoms with Crippen molar-refractivity contribution in [3.05, 3.63) is 101 Å². The fourth-order valence-electron chi connectivity index (χ4n) is 4.80. The van der Waals surface area contributed by atoms with E-state index in [0.717, 1.165) is 35.5 Å². The van der Waals surface area contributed by atoms with Gasteiger partial charge in [-0.3, -0.25) is 9.59 Å². The molecule has 3 aromatic rings. The lowest BCUT2D eigenvalue weighted by atomic mass is 9.97. The van der Waals surface area contributed by atoms with Crippen molar-refractivity contribution in [2.45, 2.75) is 13.8 Å². The zero-order valence-corrected chi connectivity index (χ0v) is 19.3. The van der Waals surface area contributed by atoms with Gasteiger partial charge < -0.3 is 9.80 Å². The monoisotopic (exact) mass is 455 g/mol. The molecule has 5 nitrogen and oxygen atoms in total. The number of hydrogen-bond donors (Lipinski definition) is 0. The average Bonchev–Trinajstić information content (AvgIpc) is 3.10. The van der Waals surface area contributed by atoms with Gasteiger partial charge in [-0.05, 0) is 61.4 Å². The van der Waals surface area contributed by atoms with Crippen molar-refractivity contribution in [2.75, 3.05) is 36.0 Å². The number of carbonyl (C=O) groups excluding carboxylic acids is 2. The van der Waals surface area contributed by atoms with Gasteiger partial charge in [0, 0.05) is 31.9 Å². The molecule has 172 valence electrons. The highest BCUT2D eigenvalue weighted by Crippen LogP contribution is 2.36. The Morgan fingerprint density at radius 2 is 1.35 bits per heavy atom. The second-order valence-corrected chi connectivity index (χ2v) is 8.77. The predicted molar refractivity (Wildman–Crippen MR) is 132 cm³/mol. The summed E-state index contributed by atoms with van der Waals surface area (Å²) in [5.74, 6) is -1.15. The van der Waals surface area contributed by atoms with Crippen LogP contribution in [0.25, 0.3) is 5.57 Å². The third kappa shape index (κ3) is 3.85. The van der Waals surface area contributed by atoms with E-state index in [9.17, 15) is 14.0 Å². The molecule has 0 N–H and O–H groups in total. The van der Waals surface area contributed by atoms with Crippen molar-refractivity contribution >= 4 is 28.8 Å². The van der Waals surface area contributed by atoms with Crippen molar-refractivity contribution in [3.8, 4) is 0 Å². The second-order valence-electron chi connectivity index (χ2n) is 8.77. The minimum Gasteiger partial charge on any atom is -0.368 e. The Labute approximate surface area is 198 Å². The van der Waals surface area contributed by atoms with Crippen LogP contribution in [0.2, 0.25) is 0 Å². The lowest BCUT2D eigenvalue weighted by molar-refractivity contribution is -0.120. The van der Waals surface area contributed by atoms with Gasteiger partial charge in [-0.25, -0.2) is 9.29 Å². The Morgan fingerprint density at radius 3 is 2.00 bits per heavy atom. The summed E-state index contributed by atoms with van der Waals surface area (Å²) >= 11 is 0. The summed E-state index contributed by atoms with van der Waals surface area (Å²) < 4.78 is 13.5. The lowest BCUT2D eigenvalue weighted by Gasteiger charge is -2.37. The van der Waals surface area contributed by atoms with Gasteiger partial charge in [-0.2, -0.15) is 0 Å². The minimum atomic E-state index is -0.414. The number of piperazine rings is 1. The van der Waals surface area contributed by atoms with Crippen LogP contribution in [0.15, 0.2) is 78.5 Å². The van der Waals surface area contributed by atoms with E-state index in [4.69, 9.17) is 0 Å². The fourth-order valence-corrected chi connectivity index (χ4v) is 4.80. The van der Waals surface area contributed by atoms with E-state index in [2.05, 4.69) is 17.0 Å². The molecule has 1 fully saturated rings. The molecule has 0 radical (unpaired) electrons. The molecule has 5 rings (SSSR count). The molecule has 0 unspecified atom stereocenters. The largest absolute Gasteiger partial charge is 0.368 e. The summed E-state index contributed by atoms with van der Waals surface area (Å²) in [7, 11) is 0. The van der Waals surface area contributed by atoms with E-state index in [0.29, 0.717) is 30.0 Å². The van der Waals surface area contributed by atoms with Gasteiger partial charge >= 0.3 is 0 Å². The first-order valence-electron chi connectivity index (χ1n) is 11.5. The lowest BCUT2D eigenvalue weighted by Crippen LogP contribution is -2.47. The van der Waals surface area contributed by atoms with Crippen LogP contribution in [0.4, 0.5) is 15.8 Å². The van der Waals surface area contributed by atoms with Gasteiger partial charge in [0.15, 0.2) is 0 Å². The first kappa shape index (κ1) is 21.9. The van der Waals surface area contributed by atoms with Gasteiger partial charge in [-0.1, -0.05) is 42.0 Å².